The Hall–Kier alpha value is -1.87. The van der Waals surface area contributed by atoms with E-state index in [0.717, 1.165) is 24.8 Å². The topological polar surface area (TPSA) is 83.5 Å². The molecule has 5 rings (SSSR count). The predicted molar refractivity (Wildman–Crippen MR) is 91.0 cm³/mol. The maximum atomic E-state index is 13.2. The molecule has 1 N–H and O–H groups in total. The molecule has 1 aromatic rings. The van der Waals surface area contributed by atoms with Crippen LogP contribution in [0.25, 0.3) is 0 Å². The van der Waals surface area contributed by atoms with E-state index in [1.54, 1.807) is 24.3 Å². The van der Waals surface area contributed by atoms with Gasteiger partial charge in [-0.1, -0.05) is 24.3 Å². The molecule has 142 valence electrons. The van der Waals surface area contributed by atoms with Crippen molar-refractivity contribution in [3.63, 3.8) is 0 Å². The van der Waals surface area contributed by atoms with Gasteiger partial charge in [0.15, 0.2) is 11.4 Å². The fourth-order valence-corrected chi connectivity index (χ4v) is 5.11. The lowest BCUT2D eigenvalue weighted by Crippen LogP contribution is -2.53. The predicted octanol–water partition coefficient (Wildman–Crippen LogP) is 2.87. The Morgan fingerprint density at radius 3 is 2.56 bits per heavy atom. The van der Waals surface area contributed by atoms with Crippen molar-refractivity contribution in [2.75, 3.05) is 14.2 Å². The summed E-state index contributed by atoms with van der Waals surface area (Å²) >= 11 is 0. The Morgan fingerprint density at radius 2 is 1.85 bits per heavy atom. The molecule has 3 aliphatic carbocycles. The highest BCUT2D eigenvalue weighted by molar-refractivity contribution is 6.09. The van der Waals surface area contributed by atoms with E-state index in [1.165, 1.54) is 14.2 Å². The molecule has 27 heavy (non-hydrogen) atoms. The first-order valence-electron chi connectivity index (χ1n) is 9.00. The Labute approximate surface area is 156 Å². The van der Waals surface area contributed by atoms with Crippen LogP contribution in [-0.2, 0) is 40.5 Å². The van der Waals surface area contributed by atoms with Crippen LogP contribution in [0.5, 0.6) is 0 Å². The van der Waals surface area contributed by atoms with Gasteiger partial charge in [-0.05, 0) is 37.3 Å². The smallest absolute Gasteiger partial charge is 0.258 e. The van der Waals surface area contributed by atoms with Crippen LogP contribution in [0.2, 0.25) is 0 Å². The van der Waals surface area contributed by atoms with Crippen molar-refractivity contribution in [1.82, 2.24) is 0 Å². The van der Waals surface area contributed by atoms with E-state index in [9.17, 15) is 10.1 Å². The zero-order valence-corrected chi connectivity index (χ0v) is 15.1. The second-order valence-corrected chi connectivity index (χ2v) is 7.26. The molecule has 0 unspecified atom stereocenters. The standard InChI is InChI=1S/C20H20O7/c1-23-19(25-22)13-8-3-4-9-14(13)20(24-2)17-16(19)15(21)11-12-7-5-6-10-18(12,17)26-27-20/h3-4,8-9,11,22H,5-7,10H2,1-2H3/t18-,19-,20+/m0/s1. The first-order chi connectivity index (χ1) is 13.1. The van der Waals surface area contributed by atoms with Crippen LogP contribution in [-0.4, -0.2) is 30.9 Å². The minimum absolute atomic E-state index is 0.149. The van der Waals surface area contributed by atoms with Gasteiger partial charge in [0.25, 0.3) is 11.6 Å². The van der Waals surface area contributed by atoms with Gasteiger partial charge >= 0.3 is 0 Å². The van der Waals surface area contributed by atoms with Gasteiger partial charge in [0.05, 0.1) is 5.57 Å². The number of hydrogen-bond donors (Lipinski definition) is 1. The second-order valence-electron chi connectivity index (χ2n) is 7.26. The molecule has 1 aromatic carbocycles. The average Bonchev–Trinajstić information content (AvgIpc) is 3.05. The van der Waals surface area contributed by atoms with Crippen LogP contribution >= 0.6 is 0 Å². The van der Waals surface area contributed by atoms with Crippen LogP contribution in [0.15, 0.2) is 47.1 Å². The zero-order valence-electron chi connectivity index (χ0n) is 15.1. The number of allylic oxidation sites excluding steroid dienone is 1. The summed E-state index contributed by atoms with van der Waals surface area (Å²) in [5.41, 5.74) is 1.59. The summed E-state index contributed by atoms with van der Waals surface area (Å²) in [6, 6.07) is 7.09. The number of rotatable bonds is 3. The van der Waals surface area contributed by atoms with E-state index in [0.29, 0.717) is 23.1 Å². The van der Waals surface area contributed by atoms with Gasteiger partial charge in [-0.25, -0.2) is 10.1 Å². The Kier molecular flexibility index (Phi) is 3.56. The largest absolute Gasteiger partial charge is 0.344 e. The highest BCUT2D eigenvalue weighted by atomic mass is 17.2. The molecule has 3 atom stereocenters. The van der Waals surface area contributed by atoms with Crippen LogP contribution < -0.4 is 0 Å². The van der Waals surface area contributed by atoms with E-state index >= 15 is 0 Å². The Morgan fingerprint density at radius 1 is 1.07 bits per heavy atom. The summed E-state index contributed by atoms with van der Waals surface area (Å²) in [6.07, 6.45) is 4.81. The third-order valence-electron chi connectivity index (χ3n) is 6.25. The molecular formula is C20H20O7. The van der Waals surface area contributed by atoms with E-state index in [1.807, 2.05) is 6.07 Å². The number of carbonyl (C=O) groups is 1. The van der Waals surface area contributed by atoms with Crippen LogP contribution in [0.3, 0.4) is 0 Å². The van der Waals surface area contributed by atoms with Crippen LogP contribution in [0, 0.1) is 0 Å². The molecule has 1 heterocycles. The number of benzene rings is 1. The zero-order chi connectivity index (χ0) is 18.9. The third kappa shape index (κ3) is 1.80. The number of ketones is 1. The fourth-order valence-electron chi connectivity index (χ4n) is 5.11. The molecule has 1 spiro atoms. The van der Waals surface area contributed by atoms with Gasteiger partial charge in [0, 0.05) is 30.9 Å². The quantitative estimate of drug-likeness (QED) is 0.496. The number of fused-ring (bicyclic) bond motifs is 2. The molecule has 0 radical (unpaired) electrons. The second kappa shape index (κ2) is 5.57. The van der Waals surface area contributed by atoms with Gasteiger partial charge in [0.2, 0.25) is 0 Å². The molecule has 1 aliphatic heterocycles. The van der Waals surface area contributed by atoms with Crippen LogP contribution in [0.4, 0.5) is 0 Å². The minimum Gasteiger partial charge on any atom is -0.344 e. The Balaban J connectivity index is 1.91. The van der Waals surface area contributed by atoms with Crippen molar-refractivity contribution in [2.24, 2.45) is 0 Å². The number of ether oxygens (including phenoxy) is 2. The van der Waals surface area contributed by atoms with Gasteiger partial charge < -0.3 is 9.47 Å². The van der Waals surface area contributed by atoms with Crippen molar-refractivity contribution >= 4 is 5.78 Å². The summed E-state index contributed by atoms with van der Waals surface area (Å²) in [4.78, 5) is 29.9. The SMILES string of the molecule is CO[C@@]1(OO)C2=C3[C@@]4(CCCCC4=CC2=O)OO[C@]3(OC)c2ccccc21. The summed E-state index contributed by atoms with van der Waals surface area (Å²) in [7, 11) is 2.89. The van der Waals surface area contributed by atoms with Gasteiger partial charge in [-0.15, -0.1) is 0 Å². The van der Waals surface area contributed by atoms with Crippen molar-refractivity contribution in [3.8, 4) is 0 Å². The molecule has 7 nitrogen and oxygen atoms in total. The maximum Gasteiger partial charge on any atom is 0.258 e. The highest BCUT2D eigenvalue weighted by Crippen LogP contribution is 2.64. The van der Waals surface area contributed by atoms with Gasteiger partial charge in [-0.2, -0.15) is 9.78 Å². The molecule has 0 aromatic heterocycles. The highest BCUT2D eigenvalue weighted by Gasteiger charge is 2.70. The first-order valence-corrected chi connectivity index (χ1v) is 9.00. The van der Waals surface area contributed by atoms with E-state index in [-0.39, 0.29) is 11.4 Å². The van der Waals surface area contributed by atoms with Crippen molar-refractivity contribution in [3.05, 3.63) is 58.2 Å². The molecule has 1 saturated heterocycles. The van der Waals surface area contributed by atoms with Crippen molar-refractivity contribution in [2.45, 2.75) is 42.9 Å². The van der Waals surface area contributed by atoms with E-state index in [2.05, 4.69) is 0 Å². The average molecular weight is 372 g/mol. The summed E-state index contributed by atoms with van der Waals surface area (Å²) in [5, 5.41) is 9.93. The normalized spacial score (nSPS) is 36.9. The minimum atomic E-state index is -1.78. The van der Waals surface area contributed by atoms with Gasteiger partial charge in [0.1, 0.15) is 0 Å². The molecule has 0 bridgehead atoms. The lowest BCUT2D eigenvalue weighted by molar-refractivity contribution is -0.408. The molecule has 0 amide bonds. The molecule has 4 aliphatic rings. The monoisotopic (exact) mass is 372 g/mol. The summed E-state index contributed by atoms with van der Waals surface area (Å²) < 4.78 is 11.5. The maximum absolute atomic E-state index is 13.2. The summed E-state index contributed by atoms with van der Waals surface area (Å²) in [6.45, 7) is 0. The van der Waals surface area contributed by atoms with Crippen LogP contribution in [0.1, 0.15) is 36.8 Å². The molecule has 2 fully saturated rings. The lowest BCUT2D eigenvalue weighted by Gasteiger charge is -2.47. The van der Waals surface area contributed by atoms with E-state index < -0.39 is 17.2 Å². The fraction of sp³-hybridized carbons (Fsp3) is 0.450. The summed E-state index contributed by atoms with van der Waals surface area (Å²) in [5.74, 6) is -3.49. The molecule has 1 saturated carbocycles. The van der Waals surface area contributed by atoms with Gasteiger partial charge in [-0.3, -0.25) is 4.79 Å². The van der Waals surface area contributed by atoms with Crippen molar-refractivity contribution < 1.29 is 34.2 Å². The Bertz CT molecular complexity index is 897. The third-order valence-corrected chi connectivity index (χ3v) is 6.25. The lowest BCUT2D eigenvalue weighted by atomic mass is 9.62. The molecular weight excluding hydrogens is 352 g/mol. The first kappa shape index (κ1) is 17.2. The number of hydrogen-bond acceptors (Lipinski definition) is 7. The number of methoxy groups -OCH3 is 2. The van der Waals surface area contributed by atoms with Crippen molar-refractivity contribution in [1.29, 1.82) is 0 Å². The molecule has 7 heteroatoms. The van der Waals surface area contributed by atoms with E-state index in [4.69, 9.17) is 24.1 Å². The number of carbonyl (C=O) groups excluding carboxylic acids is 1.